The SMILES string of the molecule is c1ccc(Oc2cccc(CCc3ccc4ccccc4n3)c2)nc1. The number of pyridine rings is 2. The summed E-state index contributed by atoms with van der Waals surface area (Å²) in [7, 11) is 0. The van der Waals surface area contributed by atoms with Crippen LogP contribution in [-0.4, -0.2) is 9.97 Å². The van der Waals surface area contributed by atoms with Crippen LogP contribution in [0.25, 0.3) is 10.9 Å². The number of rotatable bonds is 5. The molecule has 0 atom stereocenters. The van der Waals surface area contributed by atoms with Crippen molar-refractivity contribution in [2.45, 2.75) is 12.8 Å². The molecule has 0 radical (unpaired) electrons. The molecule has 0 aliphatic carbocycles. The Morgan fingerprint density at radius 2 is 1.68 bits per heavy atom. The van der Waals surface area contributed by atoms with E-state index < -0.39 is 0 Å². The van der Waals surface area contributed by atoms with Gasteiger partial charge in [-0.2, -0.15) is 0 Å². The molecule has 3 nitrogen and oxygen atoms in total. The standard InChI is InChI=1S/C22H18N2O/c1-2-9-21-18(7-1)12-14-19(24-21)13-11-17-6-5-8-20(16-17)25-22-10-3-4-15-23-22/h1-10,12,14-16H,11,13H2. The van der Waals surface area contributed by atoms with Gasteiger partial charge in [-0.3, -0.25) is 4.98 Å². The normalized spacial score (nSPS) is 10.7. The summed E-state index contributed by atoms with van der Waals surface area (Å²) < 4.78 is 5.80. The highest BCUT2D eigenvalue weighted by Gasteiger charge is 2.02. The molecule has 4 aromatic rings. The first-order valence-corrected chi connectivity index (χ1v) is 8.39. The molecular formula is C22H18N2O. The van der Waals surface area contributed by atoms with Crippen LogP contribution in [0.5, 0.6) is 11.6 Å². The number of hydrogen-bond donors (Lipinski definition) is 0. The van der Waals surface area contributed by atoms with Crippen LogP contribution >= 0.6 is 0 Å². The molecule has 0 N–H and O–H groups in total. The molecule has 2 aromatic carbocycles. The summed E-state index contributed by atoms with van der Waals surface area (Å²) >= 11 is 0. The van der Waals surface area contributed by atoms with Gasteiger partial charge in [-0.05, 0) is 48.7 Å². The molecule has 0 unspecified atom stereocenters. The summed E-state index contributed by atoms with van der Waals surface area (Å²) in [6, 6.07) is 26.2. The van der Waals surface area contributed by atoms with E-state index in [1.165, 1.54) is 10.9 Å². The second-order valence-electron chi connectivity index (χ2n) is 5.91. The van der Waals surface area contributed by atoms with E-state index in [9.17, 15) is 0 Å². The van der Waals surface area contributed by atoms with Crippen LogP contribution in [0.1, 0.15) is 11.3 Å². The molecule has 0 bridgehead atoms. The number of hydrogen-bond acceptors (Lipinski definition) is 3. The van der Waals surface area contributed by atoms with Gasteiger partial charge in [0, 0.05) is 23.3 Å². The average molecular weight is 326 g/mol. The molecule has 2 heterocycles. The van der Waals surface area contributed by atoms with Crippen LogP contribution in [0.4, 0.5) is 0 Å². The quantitative estimate of drug-likeness (QED) is 0.505. The van der Waals surface area contributed by atoms with Crippen LogP contribution in [0, 0.1) is 0 Å². The maximum atomic E-state index is 5.80. The Bertz CT molecular complexity index is 983. The maximum Gasteiger partial charge on any atom is 0.219 e. The van der Waals surface area contributed by atoms with E-state index in [-0.39, 0.29) is 0 Å². The highest BCUT2D eigenvalue weighted by atomic mass is 16.5. The van der Waals surface area contributed by atoms with Crippen LogP contribution in [0.2, 0.25) is 0 Å². The van der Waals surface area contributed by atoms with E-state index in [0.717, 1.165) is 29.8 Å². The molecule has 0 saturated carbocycles. The minimum absolute atomic E-state index is 0.607. The molecule has 0 amide bonds. The zero-order valence-electron chi connectivity index (χ0n) is 13.8. The van der Waals surface area contributed by atoms with Crippen molar-refractivity contribution in [3.63, 3.8) is 0 Å². The third kappa shape index (κ3) is 3.83. The third-order valence-electron chi connectivity index (χ3n) is 4.08. The summed E-state index contributed by atoms with van der Waals surface area (Å²) in [5, 5.41) is 1.18. The Labute approximate surface area is 147 Å². The molecule has 0 fully saturated rings. The lowest BCUT2D eigenvalue weighted by Crippen LogP contribution is -1.95. The summed E-state index contributed by atoms with van der Waals surface area (Å²) in [6.45, 7) is 0. The molecule has 0 aliphatic heterocycles. The largest absolute Gasteiger partial charge is 0.439 e. The Hall–Kier alpha value is -3.20. The molecule has 2 aromatic heterocycles. The molecule has 122 valence electrons. The summed E-state index contributed by atoms with van der Waals surface area (Å²) in [6.07, 6.45) is 3.55. The summed E-state index contributed by atoms with van der Waals surface area (Å²) in [4.78, 5) is 8.93. The predicted octanol–water partition coefficient (Wildman–Crippen LogP) is 5.21. The van der Waals surface area contributed by atoms with Crippen molar-refractivity contribution in [3.8, 4) is 11.6 Å². The van der Waals surface area contributed by atoms with Crippen molar-refractivity contribution in [2.24, 2.45) is 0 Å². The molecule has 0 aliphatic rings. The number of nitrogens with zero attached hydrogens (tertiary/aromatic N) is 2. The highest BCUT2D eigenvalue weighted by molar-refractivity contribution is 5.78. The van der Waals surface area contributed by atoms with Crippen molar-refractivity contribution in [1.82, 2.24) is 9.97 Å². The van der Waals surface area contributed by atoms with E-state index in [1.807, 2.05) is 42.5 Å². The van der Waals surface area contributed by atoms with Crippen LogP contribution in [0.15, 0.2) is 85.1 Å². The number of aromatic nitrogens is 2. The van der Waals surface area contributed by atoms with E-state index in [4.69, 9.17) is 9.72 Å². The number of para-hydroxylation sites is 1. The Morgan fingerprint density at radius 1 is 0.760 bits per heavy atom. The van der Waals surface area contributed by atoms with E-state index in [1.54, 1.807) is 6.20 Å². The van der Waals surface area contributed by atoms with Crippen molar-refractivity contribution < 1.29 is 4.74 Å². The first kappa shape index (κ1) is 15.3. The molecule has 0 saturated heterocycles. The minimum Gasteiger partial charge on any atom is -0.439 e. The monoisotopic (exact) mass is 326 g/mol. The van der Waals surface area contributed by atoms with Crippen molar-refractivity contribution in [2.75, 3.05) is 0 Å². The van der Waals surface area contributed by atoms with Crippen molar-refractivity contribution >= 4 is 10.9 Å². The van der Waals surface area contributed by atoms with Gasteiger partial charge in [-0.15, -0.1) is 0 Å². The van der Waals surface area contributed by atoms with Gasteiger partial charge in [0.2, 0.25) is 5.88 Å². The van der Waals surface area contributed by atoms with Crippen molar-refractivity contribution in [1.29, 1.82) is 0 Å². The molecular weight excluding hydrogens is 308 g/mol. The lowest BCUT2D eigenvalue weighted by molar-refractivity contribution is 0.462. The lowest BCUT2D eigenvalue weighted by Gasteiger charge is -2.07. The maximum absolute atomic E-state index is 5.80. The van der Waals surface area contributed by atoms with Gasteiger partial charge in [-0.1, -0.05) is 42.5 Å². The number of aryl methyl sites for hydroxylation is 2. The Kier molecular flexibility index (Phi) is 4.38. The number of fused-ring (bicyclic) bond motifs is 1. The zero-order valence-corrected chi connectivity index (χ0v) is 13.8. The fourth-order valence-corrected chi connectivity index (χ4v) is 2.81. The van der Waals surface area contributed by atoms with E-state index in [0.29, 0.717) is 5.88 Å². The summed E-state index contributed by atoms with van der Waals surface area (Å²) in [5.41, 5.74) is 3.38. The Morgan fingerprint density at radius 3 is 2.60 bits per heavy atom. The number of ether oxygens (including phenoxy) is 1. The average Bonchev–Trinajstić information content (AvgIpc) is 2.67. The van der Waals surface area contributed by atoms with Crippen LogP contribution in [-0.2, 0) is 12.8 Å². The fraction of sp³-hybridized carbons (Fsp3) is 0.0909. The highest BCUT2D eigenvalue weighted by Crippen LogP contribution is 2.21. The first-order chi connectivity index (χ1) is 12.4. The first-order valence-electron chi connectivity index (χ1n) is 8.39. The van der Waals surface area contributed by atoms with Crippen LogP contribution in [0.3, 0.4) is 0 Å². The molecule has 3 heteroatoms. The second kappa shape index (κ2) is 7.14. The van der Waals surface area contributed by atoms with Gasteiger partial charge < -0.3 is 4.74 Å². The van der Waals surface area contributed by atoms with E-state index >= 15 is 0 Å². The third-order valence-corrected chi connectivity index (χ3v) is 4.08. The van der Waals surface area contributed by atoms with E-state index in [2.05, 4.69) is 41.4 Å². The van der Waals surface area contributed by atoms with Crippen LogP contribution < -0.4 is 4.74 Å². The fourth-order valence-electron chi connectivity index (χ4n) is 2.81. The molecule has 0 spiro atoms. The smallest absolute Gasteiger partial charge is 0.219 e. The van der Waals surface area contributed by atoms with Gasteiger partial charge in [-0.25, -0.2) is 4.98 Å². The van der Waals surface area contributed by atoms with Gasteiger partial charge in [0.1, 0.15) is 5.75 Å². The lowest BCUT2D eigenvalue weighted by atomic mass is 10.1. The molecule has 25 heavy (non-hydrogen) atoms. The predicted molar refractivity (Wildman–Crippen MR) is 99.9 cm³/mol. The topological polar surface area (TPSA) is 35.0 Å². The Balaban J connectivity index is 1.46. The molecule has 4 rings (SSSR count). The van der Waals surface area contributed by atoms with Gasteiger partial charge in [0.15, 0.2) is 0 Å². The van der Waals surface area contributed by atoms with Gasteiger partial charge >= 0.3 is 0 Å². The van der Waals surface area contributed by atoms with Gasteiger partial charge in [0.25, 0.3) is 0 Å². The second-order valence-corrected chi connectivity index (χ2v) is 5.91. The minimum atomic E-state index is 0.607. The summed E-state index contributed by atoms with van der Waals surface area (Å²) in [5.74, 6) is 1.42. The number of benzene rings is 2. The van der Waals surface area contributed by atoms with Crippen molar-refractivity contribution in [3.05, 3.63) is 96.3 Å². The van der Waals surface area contributed by atoms with Gasteiger partial charge in [0.05, 0.1) is 5.52 Å². The zero-order chi connectivity index (χ0) is 16.9.